The second kappa shape index (κ2) is 5.28. The number of aliphatic hydroxyl groups excluding tert-OH is 1. The SMILES string of the molecule is O=C(O)[C@H]1C[C@H](O)CN1S(=O)(=O)c1c(F)cccc1Cl. The summed E-state index contributed by atoms with van der Waals surface area (Å²) in [7, 11) is -4.44. The number of rotatable bonds is 3. The molecule has 6 nitrogen and oxygen atoms in total. The van der Waals surface area contributed by atoms with Gasteiger partial charge in [0.2, 0.25) is 10.0 Å². The number of halogens is 2. The predicted octanol–water partition coefficient (Wildman–Crippen LogP) is 0.688. The quantitative estimate of drug-likeness (QED) is 0.853. The first-order valence-electron chi connectivity index (χ1n) is 5.62. The van der Waals surface area contributed by atoms with Gasteiger partial charge in [-0.05, 0) is 12.1 Å². The molecular formula is C11H11ClFNO5S. The molecule has 1 saturated heterocycles. The minimum absolute atomic E-state index is 0.249. The third-order valence-corrected chi connectivity index (χ3v) is 5.38. The maximum atomic E-state index is 13.7. The molecule has 9 heteroatoms. The van der Waals surface area contributed by atoms with Crippen LogP contribution < -0.4 is 0 Å². The van der Waals surface area contributed by atoms with Crippen molar-refractivity contribution in [3.63, 3.8) is 0 Å². The van der Waals surface area contributed by atoms with E-state index in [1.165, 1.54) is 12.1 Å². The van der Waals surface area contributed by atoms with Crippen LogP contribution in [-0.2, 0) is 14.8 Å². The molecule has 20 heavy (non-hydrogen) atoms. The van der Waals surface area contributed by atoms with Crippen LogP contribution >= 0.6 is 11.6 Å². The highest BCUT2D eigenvalue weighted by atomic mass is 35.5. The minimum atomic E-state index is -4.44. The fourth-order valence-corrected chi connectivity index (χ4v) is 4.32. The average Bonchev–Trinajstić information content (AvgIpc) is 2.71. The molecule has 2 N–H and O–H groups in total. The number of carbonyl (C=O) groups is 1. The summed E-state index contributed by atoms with van der Waals surface area (Å²) in [4.78, 5) is 10.3. The van der Waals surface area contributed by atoms with Gasteiger partial charge in [0.25, 0.3) is 0 Å². The Kier molecular flexibility index (Phi) is 4.01. The first kappa shape index (κ1) is 15.2. The molecule has 0 saturated carbocycles. The van der Waals surface area contributed by atoms with Gasteiger partial charge in [-0.1, -0.05) is 17.7 Å². The second-order valence-electron chi connectivity index (χ2n) is 4.37. The van der Waals surface area contributed by atoms with Gasteiger partial charge in [0.1, 0.15) is 16.8 Å². The number of carboxylic acids is 1. The van der Waals surface area contributed by atoms with E-state index < -0.39 is 45.4 Å². The molecule has 0 unspecified atom stereocenters. The third kappa shape index (κ3) is 2.51. The molecule has 0 aromatic heterocycles. The first-order valence-corrected chi connectivity index (χ1v) is 7.43. The lowest BCUT2D eigenvalue weighted by Crippen LogP contribution is -2.40. The molecule has 110 valence electrons. The fraction of sp³-hybridized carbons (Fsp3) is 0.364. The number of benzene rings is 1. The van der Waals surface area contributed by atoms with Crippen molar-refractivity contribution in [3.8, 4) is 0 Å². The van der Waals surface area contributed by atoms with Crippen LogP contribution in [0, 0.1) is 5.82 Å². The van der Waals surface area contributed by atoms with E-state index in [0.29, 0.717) is 4.31 Å². The zero-order valence-corrected chi connectivity index (χ0v) is 11.6. The van der Waals surface area contributed by atoms with E-state index in [2.05, 4.69) is 0 Å². The van der Waals surface area contributed by atoms with Gasteiger partial charge in [-0.3, -0.25) is 4.79 Å². The number of sulfonamides is 1. The molecule has 1 aromatic carbocycles. The van der Waals surface area contributed by atoms with Crippen molar-refractivity contribution >= 4 is 27.6 Å². The van der Waals surface area contributed by atoms with Crippen molar-refractivity contribution in [3.05, 3.63) is 29.0 Å². The standard InChI is InChI=1S/C11H11ClFNO5S/c12-7-2-1-3-8(13)10(7)20(18,19)14-5-6(15)4-9(14)11(16)17/h1-3,6,9,15H,4-5H2,(H,16,17)/t6-,9+/m0/s1. The van der Waals surface area contributed by atoms with Gasteiger partial charge in [0.15, 0.2) is 0 Å². The molecule has 1 aliphatic heterocycles. The van der Waals surface area contributed by atoms with Crippen LogP contribution in [0.15, 0.2) is 23.1 Å². The summed E-state index contributed by atoms with van der Waals surface area (Å²) < 4.78 is 39.0. The third-order valence-electron chi connectivity index (χ3n) is 3.00. The summed E-state index contributed by atoms with van der Waals surface area (Å²) in [5.41, 5.74) is 0. The largest absolute Gasteiger partial charge is 0.480 e. The molecule has 2 atom stereocenters. The summed E-state index contributed by atoms with van der Waals surface area (Å²) in [6.07, 6.45) is -1.36. The number of hydrogen-bond donors (Lipinski definition) is 2. The topological polar surface area (TPSA) is 94.9 Å². The van der Waals surface area contributed by atoms with E-state index in [9.17, 15) is 22.7 Å². The summed E-state index contributed by atoms with van der Waals surface area (Å²) >= 11 is 5.70. The van der Waals surface area contributed by atoms with E-state index in [1.807, 2.05) is 0 Å². The molecule has 0 spiro atoms. The van der Waals surface area contributed by atoms with Crippen molar-refractivity contribution < 1.29 is 27.8 Å². The Balaban J connectivity index is 2.52. The highest BCUT2D eigenvalue weighted by Crippen LogP contribution is 2.32. The van der Waals surface area contributed by atoms with E-state index >= 15 is 0 Å². The number of hydrogen-bond acceptors (Lipinski definition) is 4. The normalized spacial score (nSPS) is 23.9. The summed E-state index contributed by atoms with van der Waals surface area (Å²) in [6.45, 7) is -0.413. The number of β-amino-alcohol motifs (C(OH)–C–C–N with tert-alkyl or cyclic N) is 1. The van der Waals surface area contributed by atoms with Crippen LogP contribution in [-0.4, -0.2) is 47.6 Å². The monoisotopic (exact) mass is 323 g/mol. The Labute approximate surface area is 119 Å². The minimum Gasteiger partial charge on any atom is -0.480 e. The lowest BCUT2D eigenvalue weighted by Gasteiger charge is -2.21. The van der Waals surface area contributed by atoms with Gasteiger partial charge in [0.05, 0.1) is 11.1 Å². The maximum Gasteiger partial charge on any atom is 0.322 e. The van der Waals surface area contributed by atoms with Crippen LogP contribution in [0.4, 0.5) is 4.39 Å². The van der Waals surface area contributed by atoms with E-state index in [1.54, 1.807) is 0 Å². The van der Waals surface area contributed by atoms with E-state index in [-0.39, 0.29) is 11.4 Å². The zero-order chi connectivity index (χ0) is 15.1. The van der Waals surface area contributed by atoms with Crippen molar-refractivity contribution in [1.82, 2.24) is 4.31 Å². The maximum absolute atomic E-state index is 13.7. The Morgan fingerprint density at radius 3 is 2.65 bits per heavy atom. The molecule has 1 aliphatic rings. The van der Waals surface area contributed by atoms with Crippen LogP contribution in [0.25, 0.3) is 0 Å². The number of nitrogens with zero attached hydrogens (tertiary/aromatic N) is 1. The number of aliphatic carboxylic acids is 1. The molecule has 0 aliphatic carbocycles. The van der Waals surface area contributed by atoms with Gasteiger partial charge in [-0.25, -0.2) is 12.8 Å². The smallest absolute Gasteiger partial charge is 0.322 e. The summed E-state index contributed by atoms with van der Waals surface area (Å²) in [6, 6.07) is 1.91. The molecular weight excluding hydrogens is 313 g/mol. The molecule has 0 amide bonds. The van der Waals surface area contributed by atoms with Crippen molar-refractivity contribution in [2.24, 2.45) is 0 Å². The Morgan fingerprint density at radius 1 is 1.45 bits per heavy atom. The van der Waals surface area contributed by atoms with Crippen molar-refractivity contribution in [2.75, 3.05) is 6.54 Å². The van der Waals surface area contributed by atoms with Crippen LogP contribution in [0.2, 0.25) is 5.02 Å². The highest BCUT2D eigenvalue weighted by Gasteiger charge is 2.45. The molecule has 1 heterocycles. The van der Waals surface area contributed by atoms with Gasteiger partial charge in [-0.15, -0.1) is 0 Å². The molecule has 1 fully saturated rings. The van der Waals surface area contributed by atoms with Gasteiger partial charge in [-0.2, -0.15) is 4.31 Å². The molecule has 2 rings (SSSR count). The Hall–Kier alpha value is -1.22. The van der Waals surface area contributed by atoms with Crippen LogP contribution in [0.1, 0.15) is 6.42 Å². The number of aliphatic hydroxyl groups is 1. The zero-order valence-electron chi connectivity index (χ0n) is 10.0. The van der Waals surface area contributed by atoms with Gasteiger partial charge in [0, 0.05) is 13.0 Å². The number of carboxylic acid groups (broad SMARTS) is 1. The summed E-state index contributed by atoms with van der Waals surface area (Å²) in [5.74, 6) is -2.47. The highest BCUT2D eigenvalue weighted by molar-refractivity contribution is 7.89. The van der Waals surface area contributed by atoms with Gasteiger partial charge >= 0.3 is 5.97 Å². The lowest BCUT2D eigenvalue weighted by molar-refractivity contribution is -0.140. The van der Waals surface area contributed by atoms with Crippen molar-refractivity contribution in [1.29, 1.82) is 0 Å². The Morgan fingerprint density at radius 2 is 2.10 bits per heavy atom. The first-order chi connectivity index (χ1) is 9.25. The lowest BCUT2D eigenvalue weighted by atomic mass is 10.2. The Bertz CT molecular complexity index is 630. The van der Waals surface area contributed by atoms with Gasteiger partial charge < -0.3 is 10.2 Å². The van der Waals surface area contributed by atoms with E-state index in [0.717, 1.165) is 6.07 Å². The summed E-state index contributed by atoms with van der Waals surface area (Å²) in [5, 5.41) is 18.1. The average molecular weight is 324 g/mol. The molecule has 0 radical (unpaired) electrons. The molecule has 1 aromatic rings. The molecule has 0 bridgehead atoms. The van der Waals surface area contributed by atoms with E-state index in [4.69, 9.17) is 16.7 Å². The van der Waals surface area contributed by atoms with Crippen molar-refractivity contribution in [2.45, 2.75) is 23.5 Å². The van der Waals surface area contributed by atoms with Crippen LogP contribution in [0.3, 0.4) is 0 Å². The predicted molar refractivity (Wildman–Crippen MR) is 67.3 cm³/mol. The fourth-order valence-electron chi connectivity index (χ4n) is 2.12. The second-order valence-corrected chi connectivity index (χ2v) is 6.60. The van der Waals surface area contributed by atoms with Crippen LogP contribution in [0.5, 0.6) is 0 Å².